The Morgan fingerprint density at radius 2 is 1.85 bits per heavy atom. The Labute approximate surface area is 129 Å². The zero-order valence-electron chi connectivity index (χ0n) is 11.7. The summed E-state index contributed by atoms with van der Waals surface area (Å²) in [6.07, 6.45) is 5.62. The van der Waals surface area contributed by atoms with E-state index in [1.807, 2.05) is 12.1 Å². The van der Waals surface area contributed by atoms with Gasteiger partial charge in [-0.2, -0.15) is 0 Å². The first-order valence-electron chi connectivity index (χ1n) is 7.50. The Bertz CT molecular complexity index is 419. The van der Waals surface area contributed by atoms with Crippen LogP contribution in [0.25, 0.3) is 0 Å². The van der Waals surface area contributed by atoms with Crippen LogP contribution < -0.4 is 5.32 Å². The molecule has 20 heavy (non-hydrogen) atoms. The number of nitrogens with one attached hydrogen (secondary N) is 1. The van der Waals surface area contributed by atoms with Crippen molar-refractivity contribution >= 4 is 15.9 Å². The molecule has 1 aliphatic heterocycles. The normalized spacial score (nSPS) is 26.1. The lowest BCUT2D eigenvalue weighted by atomic mass is 10.2. The summed E-state index contributed by atoms with van der Waals surface area (Å²) < 4.78 is 12.9. The second-order valence-corrected chi connectivity index (χ2v) is 6.70. The first-order valence-corrected chi connectivity index (χ1v) is 8.30. The number of ether oxygens (including phenoxy) is 2. The lowest BCUT2D eigenvalue weighted by Crippen LogP contribution is -2.29. The summed E-state index contributed by atoms with van der Waals surface area (Å²) in [5, 5.41) is 3.54. The van der Waals surface area contributed by atoms with E-state index in [1.165, 1.54) is 18.4 Å². The molecular formula is C16H22BrNO2. The third kappa shape index (κ3) is 4.55. The molecule has 2 unspecified atom stereocenters. The third-order valence-electron chi connectivity index (χ3n) is 3.89. The molecule has 1 aromatic carbocycles. The molecule has 2 fully saturated rings. The molecule has 0 spiro atoms. The predicted octanol–water partition coefficient (Wildman–Crippen LogP) is 3.27. The van der Waals surface area contributed by atoms with Crippen LogP contribution in [-0.2, 0) is 16.1 Å². The number of rotatable bonds is 7. The molecule has 0 radical (unpaired) electrons. The van der Waals surface area contributed by atoms with Crippen LogP contribution in [0.1, 0.15) is 31.2 Å². The van der Waals surface area contributed by atoms with E-state index in [9.17, 15) is 0 Å². The Morgan fingerprint density at radius 3 is 2.60 bits per heavy atom. The van der Waals surface area contributed by atoms with Crippen molar-refractivity contribution in [2.75, 3.05) is 13.2 Å². The average Bonchev–Trinajstić information content (AvgIpc) is 3.18. The van der Waals surface area contributed by atoms with Crippen LogP contribution in [0.4, 0.5) is 0 Å². The van der Waals surface area contributed by atoms with Crippen molar-refractivity contribution in [1.29, 1.82) is 0 Å². The second-order valence-electron chi connectivity index (χ2n) is 5.78. The van der Waals surface area contributed by atoms with Crippen LogP contribution in [0, 0.1) is 0 Å². The maximum atomic E-state index is 6.00. The van der Waals surface area contributed by atoms with Crippen LogP contribution in [0.15, 0.2) is 28.7 Å². The molecule has 1 saturated heterocycles. The van der Waals surface area contributed by atoms with E-state index >= 15 is 0 Å². The van der Waals surface area contributed by atoms with E-state index in [0.29, 0.717) is 19.3 Å². The van der Waals surface area contributed by atoms with Crippen molar-refractivity contribution in [2.24, 2.45) is 0 Å². The quantitative estimate of drug-likeness (QED) is 0.826. The van der Waals surface area contributed by atoms with E-state index in [0.717, 1.165) is 29.9 Å². The van der Waals surface area contributed by atoms with Gasteiger partial charge < -0.3 is 14.8 Å². The summed E-state index contributed by atoms with van der Waals surface area (Å²) in [4.78, 5) is 0. The van der Waals surface area contributed by atoms with Crippen LogP contribution in [0.2, 0.25) is 0 Å². The monoisotopic (exact) mass is 339 g/mol. The SMILES string of the molecule is Brc1ccc(COCC2CCC(CNC3CC3)O2)cc1. The molecule has 0 bridgehead atoms. The molecule has 0 aromatic heterocycles. The topological polar surface area (TPSA) is 30.5 Å². The van der Waals surface area contributed by atoms with Gasteiger partial charge in [-0.3, -0.25) is 0 Å². The van der Waals surface area contributed by atoms with Crippen LogP contribution in [-0.4, -0.2) is 31.4 Å². The zero-order valence-corrected chi connectivity index (χ0v) is 13.3. The summed E-state index contributed by atoms with van der Waals surface area (Å²) >= 11 is 3.44. The van der Waals surface area contributed by atoms with E-state index in [1.54, 1.807) is 0 Å². The van der Waals surface area contributed by atoms with Gasteiger partial charge in [0.15, 0.2) is 0 Å². The number of hydrogen-bond donors (Lipinski definition) is 1. The molecule has 1 N–H and O–H groups in total. The highest BCUT2D eigenvalue weighted by molar-refractivity contribution is 9.10. The average molecular weight is 340 g/mol. The van der Waals surface area contributed by atoms with Crippen molar-refractivity contribution in [2.45, 2.75) is 50.5 Å². The molecule has 2 atom stereocenters. The van der Waals surface area contributed by atoms with Gasteiger partial charge in [-0.1, -0.05) is 28.1 Å². The number of hydrogen-bond acceptors (Lipinski definition) is 3. The van der Waals surface area contributed by atoms with Crippen LogP contribution >= 0.6 is 15.9 Å². The molecular weight excluding hydrogens is 318 g/mol. The first-order chi connectivity index (χ1) is 9.79. The van der Waals surface area contributed by atoms with E-state index in [4.69, 9.17) is 9.47 Å². The minimum Gasteiger partial charge on any atom is -0.374 e. The molecule has 0 amide bonds. The van der Waals surface area contributed by atoms with Gasteiger partial charge >= 0.3 is 0 Å². The highest BCUT2D eigenvalue weighted by atomic mass is 79.9. The minimum absolute atomic E-state index is 0.274. The number of halogens is 1. The molecule has 3 nitrogen and oxygen atoms in total. The van der Waals surface area contributed by atoms with Gasteiger partial charge in [0.1, 0.15) is 0 Å². The van der Waals surface area contributed by atoms with E-state index in [2.05, 4.69) is 33.4 Å². The van der Waals surface area contributed by atoms with Crippen LogP contribution in [0.5, 0.6) is 0 Å². The fourth-order valence-electron chi connectivity index (χ4n) is 2.53. The molecule has 1 aliphatic carbocycles. The molecule has 1 saturated carbocycles. The van der Waals surface area contributed by atoms with E-state index < -0.39 is 0 Å². The highest BCUT2D eigenvalue weighted by Gasteiger charge is 2.27. The van der Waals surface area contributed by atoms with Gasteiger partial charge in [0.2, 0.25) is 0 Å². The first kappa shape index (κ1) is 14.5. The Kier molecular flexibility index (Phi) is 5.10. The Morgan fingerprint density at radius 1 is 1.10 bits per heavy atom. The Balaban J connectivity index is 1.31. The van der Waals surface area contributed by atoms with Crippen LogP contribution in [0.3, 0.4) is 0 Å². The highest BCUT2D eigenvalue weighted by Crippen LogP contribution is 2.23. The van der Waals surface area contributed by atoms with E-state index in [-0.39, 0.29) is 6.10 Å². The Hall–Kier alpha value is -0.420. The largest absolute Gasteiger partial charge is 0.374 e. The second kappa shape index (κ2) is 7.03. The molecule has 4 heteroatoms. The molecule has 1 aromatic rings. The van der Waals surface area contributed by atoms with Gasteiger partial charge in [0, 0.05) is 17.1 Å². The molecule has 110 valence electrons. The minimum atomic E-state index is 0.274. The van der Waals surface area contributed by atoms with Crippen molar-refractivity contribution < 1.29 is 9.47 Å². The lowest BCUT2D eigenvalue weighted by molar-refractivity contribution is -0.0190. The maximum Gasteiger partial charge on any atom is 0.0814 e. The van der Waals surface area contributed by atoms with Crippen molar-refractivity contribution in [1.82, 2.24) is 5.32 Å². The fourth-order valence-corrected chi connectivity index (χ4v) is 2.79. The van der Waals surface area contributed by atoms with Gasteiger partial charge in [-0.15, -0.1) is 0 Å². The summed E-state index contributed by atoms with van der Waals surface area (Å²) in [7, 11) is 0. The zero-order chi connectivity index (χ0) is 13.8. The van der Waals surface area contributed by atoms with Crippen molar-refractivity contribution in [3.05, 3.63) is 34.3 Å². The third-order valence-corrected chi connectivity index (χ3v) is 4.42. The lowest BCUT2D eigenvalue weighted by Gasteiger charge is -2.14. The van der Waals surface area contributed by atoms with Crippen molar-refractivity contribution in [3.8, 4) is 0 Å². The van der Waals surface area contributed by atoms with Gasteiger partial charge in [-0.05, 0) is 43.4 Å². The summed E-state index contributed by atoms with van der Waals surface area (Å²) in [6.45, 7) is 2.38. The van der Waals surface area contributed by atoms with Gasteiger partial charge in [-0.25, -0.2) is 0 Å². The molecule has 2 aliphatic rings. The van der Waals surface area contributed by atoms with Gasteiger partial charge in [0.25, 0.3) is 0 Å². The summed E-state index contributed by atoms with van der Waals surface area (Å²) in [5.41, 5.74) is 1.21. The molecule has 1 heterocycles. The summed E-state index contributed by atoms with van der Waals surface area (Å²) in [5.74, 6) is 0. The molecule has 3 rings (SSSR count). The van der Waals surface area contributed by atoms with Crippen molar-refractivity contribution in [3.63, 3.8) is 0 Å². The summed E-state index contributed by atoms with van der Waals surface area (Å²) in [6, 6.07) is 9.03. The number of benzene rings is 1. The predicted molar refractivity (Wildman–Crippen MR) is 82.7 cm³/mol. The maximum absolute atomic E-state index is 6.00. The standard InChI is InChI=1S/C16H22BrNO2/c17-13-3-1-12(2-4-13)10-19-11-16-8-7-15(20-16)9-18-14-5-6-14/h1-4,14-16,18H,5-11H2. The smallest absolute Gasteiger partial charge is 0.0814 e. The van der Waals surface area contributed by atoms with Gasteiger partial charge in [0.05, 0.1) is 25.4 Å². The fraction of sp³-hybridized carbons (Fsp3) is 0.625.